The number of halogens is 1. The molecular formula is C10H14FNO. The second-order valence-corrected chi connectivity index (χ2v) is 3.15. The molecule has 0 fully saturated rings. The topological polar surface area (TPSA) is 35.2 Å². The number of methoxy groups -OCH3 is 1. The molecule has 2 N–H and O–H groups in total. The first-order valence-corrected chi connectivity index (χ1v) is 4.16. The van der Waals surface area contributed by atoms with E-state index in [9.17, 15) is 4.39 Å². The monoisotopic (exact) mass is 183 g/mol. The lowest BCUT2D eigenvalue weighted by atomic mass is 10.0. The van der Waals surface area contributed by atoms with Gasteiger partial charge in [0.2, 0.25) is 0 Å². The number of aryl methyl sites for hydroxylation is 1. The molecule has 1 rings (SSSR count). The summed E-state index contributed by atoms with van der Waals surface area (Å²) in [5.41, 5.74) is 6.89. The van der Waals surface area contributed by atoms with E-state index >= 15 is 0 Å². The van der Waals surface area contributed by atoms with Crippen LogP contribution in [0.1, 0.15) is 24.1 Å². The Kier molecular flexibility index (Phi) is 2.88. The van der Waals surface area contributed by atoms with Crippen LogP contribution in [0.25, 0.3) is 0 Å². The maximum Gasteiger partial charge on any atom is 0.131 e. The van der Waals surface area contributed by atoms with Crippen molar-refractivity contribution >= 4 is 0 Å². The lowest BCUT2D eigenvalue weighted by molar-refractivity contribution is 0.400. The number of nitrogens with two attached hydrogens (primary N) is 1. The minimum atomic E-state index is -0.351. The Bertz CT molecular complexity index is 310. The molecule has 0 aliphatic carbocycles. The third-order valence-corrected chi connectivity index (χ3v) is 1.91. The van der Waals surface area contributed by atoms with Crippen molar-refractivity contribution in [2.75, 3.05) is 7.11 Å². The van der Waals surface area contributed by atoms with E-state index < -0.39 is 0 Å². The number of benzene rings is 1. The van der Waals surface area contributed by atoms with Gasteiger partial charge in [-0.25, -0.2) is 4.39 Å². The Morgan fingerprint density at radius 2 is 2.08 bits per heavy atom. The molecule has 0 bridgehead atoms. The summed E-state index contributed by atoms with van der Waals surface area (Å²) >= 11 is 0. The number of rotatable bonds is 2. The normalized spacial score (nSPS) is 12.7. The largest absolute Gasteiger partial charge is 0.496 e. The smallest absolute Gasteiger partial charge is 0.131 e. The predicted molar refractivity (Wildman–Crippen MR) is 50.3 cm³/mol. The van der Waals surface area contributed by atoms with Crippen LogP contribution in [0.15, 0.2) is 12.1 Å². The number of hydrogen-bond donors (Lipinski definition) is 1. The number of ether oxygens (including phenoxy) is 1. The molecule has 0 unspecified atom stereocenters. The highest BCUT2D eigenvalue weighted by Gasteiger charge is 2.13. The summed E-state index contributed by atoms with van der Waals surface area (Å²) in [5.74, 6) is 0.222. The molecule has 0 aromatic heterocycles. The van der Waals surface area contributed by atoms with Gasteiger partial charge in [0.25, 0.3) is 0 Å². The van der Waals surface area contributed by atoms with Crippen molar-refractivity contribution in [3.8, 4) is 5.75 Å². The molecule has 0 aliphatic rings. The summed E-state index contributed by atoms with van der Waals surface area (Å²) in [6.45, 7) is 3.55. The predicted octanol–water partition coefficient (Wildman–Crippen LogP) is 2.16. The minimum Gasteiger partial charge on any atom is -0.496 e. The Morgan fingerprint density at radius 3 is 2.54 bits per heavy atom. The summed E-state index contributed by atoms with van der Waals surface area (Å²) < 4.78 is 18.4. The van der Waals surface area contributed by atoms with E-state index in [-0.39, 0.29) is 11.9 Å². The van der Waals surface area contributed by atoms with Crippen molar-refractivity contribution < 1.29 is 9.13 Å². The maximum atomic E-state index is 13.4. The van der Waals surface area contributed by atoms with Gasteiger partial charge in [-0.1, -0.05) is 0 Å². The van der Waals surface area contributed by atoms with Crippen LogP contribution in [0.3, 0.4) is 0 Å². The first-order chi connectivity index (χ1) is 6.06. The molecule has 0 saturated heterocycles. The molecule has 0 amide bonds. The van der Waals surface area contributed by atoms with Gasteiger partial charge in [0.15, 0.2) is 0 Å². The van der Waals surface area contributed by atoms with Crippen LogP contribution in [-0.2, 0) is 0 Å². The molecule has 0 spiro atoms. The van der Waals surface area contributed by atoms with Gasteiger partial charge in [-0.15, -0.1) is 0 Å². The van der Waals surface area contributed by atoms with Gasteiger partial charge in [0.05, 0.1) is 7.11 Å². The number of hydrogen-bond acceptors (Lipinski definition) is 2. The molecular weight excluding hydrogens is 169 g/mol. The molecule has 0 heterocycles. The van der Waals surface area contributed by atoms with Gasteiger partial charge >= 0.3 is 0 Å². The lowest BCUT2D eigenvalue weighted by Crippen LogP contribution is -2.09. The van der Waals surface area contributed by atoms with E-state index in [0.29, 0.717) is 11.3 Å². The highest BCUT2D eigenvalue weighted by Crippen LogP contribution is 2.27. The van der Waals surface area contributed by atoms with Gasteiger partial charge in [-0.3, -0.25) is 0 Å². The average molecular weight is 183 g/mol. The van der Waals surface area contributed by atoms with Gasteiger partial charge < -0.3 is 10.5 Å². The van der Waals surface area contributed by atoms with Crippen LogP contribution < -0.4 is 10.5 Å². The standard InChI is InChI=1S/C10H14FNO/c1-6-4-8(11)10(7(2)12)9(5-6)13-3/h4-5,7H,12H2,1-3H3/t7-/m0/s1. The van der Waals surface area contributed by atoms with E-state index in [1.807, 2.05) is 6.92 Å². The molecule has 1 aromatic rings. The van der Waals surface area contributed by atoms with Gasteiger partial charge in [-0.2, -0.15) is 0 Å². The SMILES string of the molecule is COc1cc(C)cc(F)c1[C@H](C)N. The first kappa shape index (κ1) is 9.99. The van der Waals surface area contributed by atoms with Gasteiger partial charge in [-0.05, 0) is 31.5 Å². The van der Waals surface area contributed by atoms with E-state index in [4.69, 9.17) is 10.5 Å². The van der Waals surface area contributed by atoms with E-state index in [0.717, 1.165) is 5.56 Å². The molecule has 2 nitrogen and oxygen atoms in total. The summed E-state index contributed by atoms with van der Waals surface area (Å²) in [6, 6.07) is 2.89. The highest BCUT2D eigenvalue weighted by molar-refractivity contribution is 5.40. The third kappa shape index (κ3) is 1.98. The fourth-order valence-corrected chi connectivity index (χ4v) is 1.33. The minimum absolute atomic E-state index is 0.299. The molecule has 0 saturated carbocycles. The fraction of sp³-hybridized carbons (Fsp3) is 0.400. The fourth-order valence-electron chi connectivity index (χ4n) is 1.33. The zero-order chi connectivity index (χ0) is 10.0. The molecule has 13 heavy (non-hydrogen) atoms. The molecule has 0 aliphatic heterocycles. The Balaban J connectivity index is 3.30. The summed E-state index contributed by atoms with van der Waals surface area (Å²) in [6.07, 6.45) is 0. The zero-order valence-electron chi connectivity index (χ0n) is 8.10. The van der Waals surface area contributed by atoms with Crippen LogP contribution in [0.2, 0.25) is 0 Å². The molecule has 72 valence electrons. The van der Waals surface area contributed by atoms with Gasteiger partial charge in [0, 0.05) is 11.6 Å². The Hall–Kier alpha value is -1.09. The second-order valence-electron chi connectivity index (χ2n) is 3.15. The van der Waals surface area contributed by atoms with Crippen LogP contribution >= 0.6 is 0 Å². The van der Waals surface area contributed by atoms with Crippen molar-refractivity contribution in [1.82, 2.24) is 0 Å². The zero-order valence-corrected chi connectivity index (χ0v) is 8.10. The Labute approximate surface area is 77.5 Å². The van der Waals surface area contributed by atoms with E-state index in [1.165, 1.54) is 13.2 Å². The van der Waals surface area contributed by atoms with Crippen LogP contribution in [0.4, 0.5) is 4.39 Å². The second kappa shape index (κ2) is 3.75. The molecule has 3 heteroatoms. The van der Waals surface area contributed by atoms with Crippen molar-refractivity contribution in [1.29, 1.82) is 0 Å². The van der Waals surface area contributed by atoms with Crippen LogP contribution in [-0.4, -0.2) is 7.11 Å². The molecule has 1 aromatic carbocycles. The van der Waals surface area contributed by atoms with E-state index in [1.54, 1.807) is 13.0 Å². The first-order valence-electron chi connectivity index (χ1n) is 4.16. The van der Waals surface area contributed by atoms with Crippen LogP contribution in [0.5, 0.6) is 5.75 Å². The van der Waals surface area contributed by atoms with Crippen molar-refractivity contribution in [2.24, 2.45) is 5.73 Å². The molecule has 0 radical (unpaired) electrons. The van der Waals surface area contributed by atoms with Crippen molar-refractivity contribution in [3.05, 3.63) is 29.1 Å². The Morgan fingerprint density at radius 1 is 1.46 bits per heavy atom. The molecule has 1 atom stereocenters. The van der Waals surface area contributed by atoms with Crippen molar-refractivity contribution in [3.63, 3.8) is 0 Å². The maximum absolute atomic E-state index is 13.4. The average Bonchev–Trinajstić information content (AvgIpc) is 2.01. The van der Waals surface area contributed by atoms with Crippen molar-refractivity contribution in [2.45, 2.75) is 19.9 Å². The quantitative estimate of drug-likeness (QED) is 0.762. The summed E-state index contributed by atoms with van der Waals surface area (Å²) in [7, 11) is 1.51. The third-order valence-electron chi connectivity index (χ3n) is 1.91. The summed E-state index contributed by atoms with van der Waals surface area (Å²) in [5, 5.41) is 0. The van der Waals surface area contributed by atoms with Gasteiger partial charge in [0.1, 0.15) is 11.6 Å². The lowest BCUT2D eigenvalue weighted by Gasteiger charge is -2.13. The summed E-state index contributed by atoms with van der Waals surface area (Å²) in [4.78, 5) is 0. The highest BCUT2D eigenvalue weighted by atomic mass is 19.1. The van der Waals surface area contributed by atoms with E-state index in [2.05, 4.69) is 0 Å². The van der Waals surface area contributed by atoms with Crippen LogP contribution in [0, 0.1) is 12.7 Å².